The molecule has 0 atom stereocenters. The van der Waals surface area contributed by atoms with Crippen molar-refractivity contribution in [3.8, 4) is 11.1 Å². The summed E-state index contributed by atoms with van der Waals surface area (Å²) in [6.07, 6.45) is -7.60. The second-order valence-corrected chi connectivity index (χ2v) is 10.6. The highest BCUT2D eigenvalue weighted by Gasteiger charge is 2.37. The third-order valence-electron chi connectivity index (χ3n) is 5.16. The SMILES string of the molecule is O=C(O)CNC(=O)CCCCN1C(=O)/C(=C/c2cc(-c3cc(C(F)(F)F)cc(C(F)(F)F)c3)cs2)SC1=S. The number of hydrogen-bond acceptors (Lipinski definition) is 6. The Balaban J connectivity index is 1.69. The number of unbranched alkanes of at least 4 members (excludes halogenated alkanes) is 1. The maximum Gasteiger partial charge on any atom is 0.416 e. The van der Waals surface area contributed by atoms with E-state index in [9.17, 15) is 40.7 Å². The quantitative estimate of drug-likeness (QED) is 0.159. The topological polar surface area (TPSA) is 86.7 Å². The molecule has 3 rings (SSSR count). The van der Waals surface area contributed by atoms with Crippen LogP contribution in [-0.2, 0) is 26.7 Å². The molecule has 1 fully saturated rings. The minimum absolute atomic E-state index is 0.0601. The van der Waals surface area contributed by atoms with Gasteiger partial charge in [-0.25, -0.2) is 0 Å². The summed E-state index contributed by atoms with van der Waals surface area (Å²) in [4.78, 5) is 36.8. The van der Waals surface area contributed by atoms with Gasteiger partial charge in [0.25, 0.3) is 5.91 Å². The molecule has 204 valence electrons. The van der Waals surface area contributed by atoms with E-state index in [-0.39, 0.29) is 39.4 Å². The highest BCUT2D eigenvalue weighted by Crippen LogP contribution is 2.40. The molecule has 1 aliphatic heterocycles. The van der Waals surface area contributed by atoms with Crippen LogP contribution in [0.1, 0.15) is 35.3 Å². The molecule has 0 spiro atoms. The van der Waals surface area contributed by atoms with Gasteiger partial charge >= 0.3 is 18.3 Å². The Hall–Kier alpha value is -2.91. The molecule has 15 heteroatoms. The lowest BCUT2D eigenvalue weighted by Crippen LogP contribution is -2.30. The largest absolute Gasteiger partial charge is 0.480 e. The molecule has 1 saturated heterocycles. The number of hydrogen-bond donors (Lipinski definition) is 2. The van der Waals surface area contributed by atoms with Gasteiger partial charge in [-0.1, -0.05) is 24.0 Å². The van der Waals surface area contributed by atoms with E-state index in [4.69, 9.17) is 17.3 Å². The fourth-order valence-electron chi connectivity index (χ4n) is 3.34. The standard InChI is InChI=1S/C23H18F6N2O4S3/c24-22(25,26)14-5-12(6-15(8-14)23(27,28)29)13-7-16(37-11-13)9-17-20(35)31(21(36)38-17)4-2-1-3-18(32)30-10-19(33)34/h5-9,11H,1-4,10H2,(H,30,32)(H,33,34)/b17-9-. The molecule has 2 aromatic rings. The number of thiophene rings is 1. The van der Waals surface area contributed by atoms with Gasteiger partial charge in [0, 0.05) is 17.8 Å². The smallest absolute Gasteiger partial charge is 0.416 e. The van der Waals surface area contributed by atoms with Gasteiger partial charge in [-0.3, -0.25) is 19.3 Å². The molecule has 0 aliphatic carbocycles. The first kappa shape index (κ1) is 29.6. The van der Waals surface area contributed by atoms with Gasteiger partial charge in [-0.15, -0.1) is 11.3 Å². The van der Waals surface area contributed by atoms with Gasteiger partial charge < -0.3 is 10.4 Å². The van der Waals surface area contributed by atoms with Gasteiger partial charge in [0.1, 0.15) is 10.9 Å². The number of nitrogens with one attached hydrogen (secondary N) is 1. The summed E-state index contributed by atoms with van der Waals surface area (Å²) in [7, 11) is 0. The number of amides is 2. The van der Waals surface area contributed by atoms with Gasteiger partial charge in [0.05, 0.1) is 16.0 Å². The predicted molar refractivity (Wildman–Crippen MR) is 134 cm³/mol. The fraction of sp³-hybridized carbons (Fsp3) is 0.304. The third kappa shape index (κ3) is 7.80. The molecule has 0 bridgehead atoms. The zero-order valence-corrected chi connectivity index (χ0v) is 21.6. The second kappa shape index (κ2) is 11.9. The Morgan fingerprint density at radius 3 is 2.21 bits per heavy atom. The Morgan fingerprint density at radius 2 is 1.63 bits per heavy atom. The van der Waals surface area contributed by atoms with Crippen LogP contribution in [0.25, 0.3) is 17.2 Å². The number of halogens is 6. The van der Waals surface area contributed by atoms with Gasteiger partial charge in [0.2, 0.25) is 5.91 Å². The average Bonchev–Trinajstić information content (AvgIpc) is 3.38. The average molecular weight is 597 g/mol. The molecule has 6 nitrogen and oxygen atoms in total. The number of nitrogens with zero attached hydrogens (tertiary/aromatic N) is 1. The van der Waals surface area contributed by atoms with E-state index in [0.717, 1.165) is 23.1 Å². The van der Waals surface area contributed by atoms with E-state index in [0.29, 0.717) is 29.9 Å². The summed E-state index contributed by atoms with van der Waals surface area (Å²) in [5.74, 6) is -2.01. The molecule has 1 aromatic heterocycles. The highest BCUT2D eigenvalue weighted by atomic mass is 32.2. The Kier molecular flexibility index (Phi) is 9.26. The summed E-state index contributed by atoms with van der Waals surface area (Å²) in [5.41, 5.74) is -2.97. The van der Waals surface area contributed by atoms with Gasteiger partial charge in [-0.2, -0.15) is 26.3 Å². The molecular formula is C23H18F6N2O4S3. The Morgan fingerprint density at radius 1 is 1.00 bits per heavy atom. The molecule has 0 saturated carbocycles. The number of thioether (sulfide) groups is 1. The third-order valence-corrected chi connectivity index (χ3v) is 7.42. The van der Waals surface area contributed by atoms with E-state index >= 15 is 0 Å². The second-order valence-electron chi connectivity index (χ2n) is 7.99. The number of carbonyl (C=O) groups excluding carboxylic acids is 2. The minimum atomic E-state index is -4.97. The van der Waals surface area contributed by atoms with Crippen molar-refractivity contribution in [2.45, 2.75) is 31.6 Å². The zero-order chi connectivity index (χ0) is 28.3. The normalized spacial score (nSPS) is 15.4. The Bertz CT molecular complexity index is 1250. The zero-order valence-electron chi connectivity index (χ0n) is 19.1. The lowest BCUT2D eigenvalue weighted by Gasteiger charge is -2.14. The summed E-state index contributed by atoms with van der Waals surface area (Å²) in [6.45, 7) is -0.269. The first-order chi connectivity index (χ1) is 17.6. The van der Waals surface area contributed by atoms with Crippen LogP contribution in [0.15, 0.2) is 34.6 Å². The number of carboxylic acids is 1. The van der Waals surface area contributed by atoms with Gasteiger partial charge in [0.15, 0.2) is 0 Å². The van der Waals surface area contributed by atoms with E-state index in [1.54, 1.807) is 0 Å². The molecule has 2 N–H and O–H groups in total. The molecule has 0 radical (unpaired) electrons. The van der Waals surface area contributed by atoms with Crippen LogP contribution >= 0.6 is 35.3 Å². The van der Waals surface area contributed by atoms with Crippen LogP contribution in [0, 0.1) is 0 Å². The van der Waals surface area contributed by atoms with Crippen molar-refractivity contribution in [2.24, 2.45) is 0 Å². The van der Waals surface area contributed by atoms with E-state index in [1.165, 1.54) is 22.4 Å². The maximum atomic E-state index is 13.2. The summed E-state index contributed by atoms with van der Waals surface area (Å²) >= 11 is 7.28. The van der Waals surface area contributed by atoms with Crippen molar-refractivity contribution >= 4 is 63.5 Å². The summed E-state index contributed by atoms with van der Waals surface area (Å²) in [6, 6.07) is 2.73. The Labute approximate surface area is 225 Å². The number of carbonyl (C=O) groups is 3. The monoisotopic (exact) mass is 596 g/mol. The van der Waals surface area contributed by atoms with E-state index in [2.05, 4.69) is 5.32 Å². The van der Waals surface area contributed by atoms with Crippen LogP contribution in [-0.4, -0.2) is 45.2 Å². The first-order valence-corrected chi connectivity index (χ1v) is 12.9. The lowest BCUT2D eigenvalue weighted by molar-refractivity contribution is -0.143. The van der Waals surface area contributed by atoms with Crippen LogP contribution in [0.5, 0.6) is 0 Å². The fourth-order valence-corrected chi connectivity index (χ4v) is 5.56. The van der Waals surface area contributed by atoms with E-state index < -0.39 is 47.8 Å². The molecule has 0 unspecified atom stereocenters. The lowest BCUT2D eigenvalue weighted by atomic mass is 10.0. The van der Waals surface area contributed by atoms with Crippen molar-refractivity contribution in [3.05, 3.63) is 50.6 Å². The minimum Gasteiger partial charge on any atom is -0.480 e. The van der Waals surface area contributed by atoms with Crippen LogP contribution in [0.2, 0.25) is 0 Å². The van der Waals surface area contributed by atoms with Crippen molar-refractivity contribution in [1.82, 2.24) is 10.2 Å². The maximum absolute atomic E-state index is 13.2. The highest BCUT2D eigenvalue weighted by molar-refractivity contribution is 8.26. The predicted octanol–water partition coefficient (Wildman–Crippen LogP) is 6.03. The molecule has 1 aliphatic rings. The molecule has 2 amide bonds. The molecular weight excluding hydrogens is 578 g/mol. The molecule has 38 heavy (non-hydrogen) atoms. The van der Waals surface area contributed by atoms with Crippen molar-refractivity contribution in [1.29, 1.82) is 0 Å². The number of aliphatic carboxylic acids is 1. The van der Waals surface area contributed by atoms with Crippen LogP contribution < -0.4 is 5.32 Å². The molecule has 2 heterocycles. The first-order valence-electron chi connectivity index (χ1n) is 10.8. The molecule has 1 aromatic carbocycles. The summed E-state index contributed by atoms with van der Waals surface area (Å²) in [5, 5.41) is 12.2. The number of rotatable bonds is 9. The number of thiocarbonyl (C=S) groups is 1. The van der Waals surface area contributed by atoms with Crippen molar-refractivity contribution < 1.29 is 45.8 Å². The van der Waals surface area contributed by atoms with Gasteiger partial charge in [-0.05, 0) is 59.7 Å². The number of carboxylic acid groups (broad SMARTS) is 1. The van der Waals surface area contributed by atoms with Crippen LogP contribution in [0.3, 0.4) is 0 Å². The number of benzene rings is 1. The summed E-state index contributed by atoms with van der Waals surface area (Å²) < 4.78 is 79.4. The van der Waals surface area contributed by atoms with Crippen molar-refractivity contribution in [3.63, 3.8) is 0 Å². The number of alkyl halides is 6. The van der Waals surface area contributed by atoms with Crippen LogP contribution in [0.4, 0.5) is 26.3 Å². The van der Waals surface area contributed by atoms with Crippen molar-refractivity contribution in [2.75, 3.05) is 13.1 Å². The van der Waals surface area contributed by atoms with E-state index in [1.807, 2.05) is 0 Å².